The number of carbonyl (C=O) groups is 1. The van der Waals surface area contributed by atoms with E-state index in [1.54, 1.807) is 0 Å². The van der Waals surface area contributed by atoms with Crippen LogP contribution in [-0.4, -0.2) is 61.0 Å². The van der Waals surface area contributed by atoms with Gasteiger partial charge in [0.05, 0.1) is 6.04 Å². The van der Waals surface area contributed by atoms with Crippen LogP contribution < -0.4 is 5.32 Å². The van der Waals surface area contributed by atoms with Gasteiger partial charge in [0.25, 0.3) is 0 Å². The molecule has 6 heteroatoms. The Balaban J connectivity index is 0.00000162. The van der Waals surface area contributed by atoms with Crippen LogP contribution in [0.2, 0.25) is 0 Å². The lowest BCUT2D eigenvalue weighted by atomic mass is 10.2. The first kappa shape index (κ1) is 19.0. The van der Waals surface area contributed by atoms with Gasteiger partial charge in [0.15, 0.2) is 0 Å². The third-order valence-corrected chi connectivity index (χ3v) is 3.81. The smallest absolute Gasteiger partial charge is 0.239 e. The van der Waals surface area contributed by atoms with Crippen LogP contribution in [0.25, 0.3) is 0 Å². The summed E-state index contributed by atoms with van der Waals surface area (Å²) in [5.74, 6) is 0.375. The van der Waals surface area contributed by atoms with Crippen molar-refractivity contribution in [1.82, 2.24) is 15.1 Å². The Labute approximate surface area is 129 Å². The third-order valence-electron chi connectivity index (χ3n) is 3.81. The Bertz CT molecular complexity index is 258. The molecule has 0 aromatic carbocycles. The molecule has 0 aromatic heterocycles. The molecule has 1 amide bonds. The molecule has 0 bridgehead atoms. The highest BCUT2D eigenvalue weighted by atomic mass is 35.5. The Morgan fingerprint density at radius 3 is 2.68 bits per heavy atom. The van der Waals surface area contributed by atoms with Gasteiger partial charge in [0.1, 0.15) is 0 Å². The largest absolute Gasteiger partial charge is 0.340 e. The van der Waals surface area contributed by atoms with Crippen LogP contribution in [0.4, 0.5) is 0 Å². The standard InChI is InChI=1S/C13H25N3O.2ClH/c1-2-8-15-9-3-5-12(15)13(17)16-10-4-6-14-7-11-16;;/h12,14H,2-11H2,1H3;2*1H. The van der Waals surface area contributed by atoms with Crippen molar-refractivity contribution in [3.05, 3.63) is 0 Å². The van der Waals surface area contributed by atoms with Gasteiger partial charge >= 0.3 is 0 Å². The van der Waals surface area contributed by atoms with E-state index in [0.717, 1.165) is 58.5 Å². The summed E-state index contributed by atoms with van der Waals surface area (Å²) in [6.45, 7) is 8.19. The average Bonchev–Trinajstić information content (AvgIpc) is 2.63. The first-order valence-corrected chi connectivity index (χ1v) is 7.06. The fourth-order valence-corrected chi connectivity index (χ4v) is 2.94. The monoisotopic (exact) mass is 311 g/mol. The normalized spacial score (nSPS) is 24.3. The van der Waals surface area contributed by atoms with Crippen LogP contribution in [0.15, 0.2) is 0 Å². The van der Waals surface area contributed by atoms with E-state index in [0.29, 0.717) is 5.91 Å². The molecule has 2 heterocycles. The van der Waals surface area contributed by atoms with Gasteiger partial charge in [-0.05, 0) is 45.3 Å². The van der Waals surface area contributed by atoms with E-state index in [1.165, 1.54) is 6.42 Å². The second-order valence-electron chi connectivity index (χ2n) is 5.12. The maximum atomic E-state index is 12.5. The number of nitrogens with one attached hydrogen (secondary N) is 1. The molecule has 0 spiro atoms. The van der Waals surface area contributed by atoms with E-state index in [-0.39, 0.29) is 30.9 Å². The molecular formula is C13H27Cl2N3O. The lowest BCUT2D eigenvalue weighted by Gasteiger charge is -2.29. The molecule has 2 saturated heterocycles. The van der Waals surface area contributed by atoms with Crippen molar-refractivity contribution in [2.45, 2.75) is 38.6 Å². The maximum Gasteiger partial charge on any atom is 0.239 e. The molecule has 0 aliphatic carbocycles. The van der Waals surface area contributed by atoms with Gasteiger partial charge in [-0.25, -0.2) is 0 Å². The topological polar surface area (TPSA) is 35.6 Å². The Kier molecular flexibility index (Phi) is 9.79. The molecule has 1 atom stereocenters. The van der Waals surface area contributed by atoms with Crippen molar-refractivity contribution in [2.24, 2.45) is 0 Å². The molecule has 4 nitrogen and oxygen atoms in total. The number of carbonyl (C=O) groups excluding carboxylic acids is 1. The minimum Gasteiger partial charge on any atom is -0.340 e. The Hall–Kier alpha value is -0.0300. The number of nitrogens with zero attached hydrogens (tertiary/aromatic N) is 2. The molecule has 19 heavy (non-hydrogen) atoms. The SMILES string of the molecule is CCCN1CCCC1C(=O)N1CCCNCC1.Cl.Cl. The summed E-state index contributed by atoms with van der Waals surface area (Å²) in [4.78, 5) is 16.9. The molecule has 1 N–H and O–H groups in total. The second-order valence-corrected chi connectivity index (χ2v) is 5.12. The highest BCUT2D eigenvalue weighted by Crippen LogP contribution is 2.19. The van der Waals surface area contributed by atoms with Gasteiger partial charge in [0.2, 0.25) is 5.91 Å². The highest BCUT2D eigenvalue weighted by molar-refractivity contribution is 5.85. The molecule has 0 saturated carbocycles. The molecule has 1 unspecified atom stereocenters. The van der Waals surface area contributed by atoms with Crippen LogP contribution in [0.5, 0.6) is 0 Å². The molecule has 2 rings (SSSR count). The van der Waals surface area contributed by atoms with Gasteiger partial charge in [0, 0.05) is 19.6 Å². The molecule has 0 radical (unpaired) electrons. The minimum absolute atomic E-state index is 0. The van der Waals surface area contributed by atoms with E-state index in [9.17, 15) is 4.79 Å². The Morgan fingerprint density at radius 2 is 1.95 bits per heavy atom. The number of amides is 1. The molecular weight excluding hydrogens is 285 g/mol. The number of likely N-dealkylation sites (tertiary alicyclic amines) is 1. The minimum atomic E-state index is 0. The Morgan fingerprint density at radius 1 is 1.16 bits per heavy atom. The lowest BCUT2D eigenvalue weighted by Crippen LogP contribution is -2.46. The third kappa shape index (κ3) is 5.10. The summed E-state index contributed by atoms with van der Waals surface area (Å²) in [5, 5.41) is 3.35. The molecule has 2 aliphatic rings. The van der Waals surface area contributed by atoms with Gasteiger partial charge < -0.3 is 10.2 Å². The summed E-state index contributed by atoms with van der Waals surface area (Å²) < 4.78 is 0. The summed E-state index contributed by atoms with van der Waals surface area (Å²) in [5.41, 5.74) is 0. The van der Waals surface area contributed by atoms with Crippen molar-refractivity contribution >= 4 is 30.7 Å². The van der Waals surface area contributed by atoms with Crippen molar-refractivity contribution in [3.8, 4) is 0 Å². The zero-order valence-corrected chi connectivity index (χ0v) is 13.4. The van der Waals surface area contributed by atoms with E-state index >= 15 is 0 Å². The summed E-state index contributed by atoms with van der Waals surface area (Å²) >= 11 is 0. The van der Waals surface area contributed by atoms with Gasteiger partial charge in [-0.1, -0.05) is 6.92 Å². The number of hydrogen-bond acceptors (Lipinski definition) is 3. The van der Waals surface area contributed by atoms with Gasteiger partial charge in [-0.2, -0.15) is 0 Å². The van der Waals surface area contributed by atoms with Crippen molar-refractivity contribution in [1.29, 1.82) is 0 Å². The molecule has 0 aromatic rings. The zero-order valence-electron chi connectivity index (χ0n) is 11.8. The van der Waals surface area contributed by atoms with Crippen LogP contribution in [0.1, 0.15) is 32.6 Å². The quantitative estimate of drug-likeness (QED) is 0.858. The van der Waals surface area contributed by atoms with Crippen LogP contribution in [0, 0.1) is 0 Å². The maximum absolute atomic E-state index is 12.5. The summed E-state index contributed by atoms with van der Waals surface area (Å²) in [6.07, 6.45) is 4.48. The number of halogens is 2. The van der Waals surface area contributed by atoms with Crippen molar-refractivity contribution in [3.63, 3.8) is 0 Å². The average molecular weight is 312 g/mol. The molecule has 114 valence electrons. The first-order valence-electron chi connectivity index (χ1n) is 7.06. The predicted molar refractivity (Wildman–Crippen MR) is 83.4 cm³/mol. The lowest BCUT2D eigenvalue weighted by molar-refractivity contribution is -0.135. The predicted octanol–water partition coefficient (Wildman–Crippen LogP) is 1.53. The first-order chi connectivity index (χ1) is 8.33. The van der Waals surface area contributed by atoms with Crippen LogP contribution in [0.3, 0.4) is 0 Å². The fourth-order valence-electron chi connectivity index (χ4n) is 2.94. The summed E-state index contributed by atoms with van der Waals surface area (Å²) in [7, 11) is 0. The molecule has 2 aliphatic heterocycles. The van der Waals surface area contributed by atoms with Crippen molar-refractivity contribution in [2.75, 3.05) is 39.3 Å². The second kappa shape index (κ2) is 9.81. The van der Waals surface area contributed by atoms with Crippen LogP contribution in [-0.2, 0) is 4.79 Å². The summed E-state index contributed by atoms with van der Waals surface area (Å²) in [6, 6.07) is 0.174. The van der Waals surface area contributed by atoms with E-state index in [1.807, 2.05) is 0 Å². The molecule has 2 fully saturated rings. The van der Waals surface area contributed by atoms with E-state index in [4.69, 9.17) is 0 Å². The zero-order chi connectivity index (χ0) is 12.1. The van der Waals surface area contributed by atoms with Gasteiger partial charge in [-0.3, -0.25) is 9.69 Å². The van der Waals surface area contributed by atoms with E-state index in [2.05, 4.69) is 22.0 Å². The van der Waals surface area contributed by atoms with Crippen molar-refractivity contribution < 1.29 is 4.79 Å². The number of hydrogen-bond donors (Lipinski definition) is 1. The fraction of sp³-hybridized carbons (Fsp3) is 0.923. The van der Waals surface area contributed by atoms with Gasteiger partial charge in [-0.15, -0.1) is 24.8 Å². The van der Waals surface area contributed by atoms with E-state index < -0.39 is 0 Å². The number of rotatable bonds is 3. The highest BCUT2D eigenvalue weighted by Gasteiger charge is 2.32. The van der Waals surface area contributed by atoms with Crippen LogP contribution >= 0.6 is 24.8 Å².